The average Bonchev–Trinajstić information content (AvgIpc) is 2.07. The Hall–Kier alpha value is 0.270. The van der Waals surface area contributed by atoms with Gasteiger partial charge in [-0.05, 0) is 0 Å². The minimum atomic E-state index is -1.85. The molecule has 14 heavy (non-hydrogen) atoms. The number of aliphatic hydroxyl groups is 4. The second-order valence-corrected chi connectivity index (χ2v) is 2.74. The Bertz CT molecular complexity index is 210. The molecule has 1 fully saturated rings. The number of carboxylic acids is 1. The third-order valence-electron chi connectivity index (χ3n) is 1.82. The van der Waals surface area contributed by atoms with Gasteiger partial charge in [0.25, 0.3) is 0 Å². The molecule has 0 aliphatic carbocycles. The predicted molar refractivity (Wildman–Crippen MR) is 33.9 cm³/mol. The van der Waals surface area contributed by atoms with Gasteiger partial charge in [-0.3, -0.25) is 0 Å². The molecule has 0 spiro atoms. The molecule has 0 amide bonds. The maximum absolute atomic E-state index is 10.3. The molecule has 1 heterocycles. The number of hydrogen-bond acceptors (Lipinski definition) is 7. The van der Waals surface area contributed by atoms with Crippen LogP contribution in [0, 0.1) is 0 Å². The molecule has 0 aromatic carbocycles. The van der Waals surface area contributed by atoms with Gasteiger partial charge in [-0.1, -0.05) is 0 Å². The van der Waals surface area contributed by atoms with Crippen molar-refractivity contribution in [3.05, 3.63) is 0 Å². The van der Waals surface area contributed by atoms with Gasteiger partial charge in [0.2, 0.25) is 0 Å². The topological polar surface area (TPSA) is 130 Å². The van der Waals surface area contributed by atoms with Crippen LogP contribution in [0.2, 0.25) is 0 Å². The smallest absolute Gasteiger partial charge is 0.547 e. The van der Waals surface area contributed by atoms with Gasteiger partial charge in [0, 0.05) is 0 Å². The summed E-state index contributed by atoms with van der Waals surface area (Å²) in [7, 11) is 0. The molecule has 1 aliphatic heterocycles. The average molecular weight is 216 g/mol. The minimum absolute atomic E-state index is 0. The fourth-order valence-corrected chi connectivity index (χ4v) is 1.06. The number of ether oxygens (including phenoxy) is 1. The molecular formula is C6H9NaO7. The van der Waals surface area contributed by atoms with Gasteiger partial charge in [-0.2, -0.15) is 0 Å². The molecule has 8 heteroatoms. The summed E-state index contributed by atoms with van der Waals surface area (Å²) >= 11 is 0. The van der Waals surface area contributed by atoms with E-state index in [4.69, 9.17) is 20.4 Å². The zero-order valence-corrected chi connectivity index (χ0v) is 9.40. The van der Waals surface area contributed by atoms with Gasteiger partial charge in [0.15, 0.2) is 6.29 Å². The van der Waals surface area contributed by atoms with Gasteiger partial charge >= 0.3 is 29.6 Å². The minimum Gasteiger partial charge on any atom is -0.547 e. The van der Waals surface area contributed by atoms with Gasteiger partial charge in [-0.15, -0.1) is 0 Å². The van der Waals surface area contributed by atoms with E-state index < -0.39 is 36.7 Å². The van der Waals surface area contributed by atoms with Crippen LogP contribution in [0.4, 0.5) is 0 Å². The van der Waals surface area contributed by atoms with Crippen LogP contribution < -0.4 is 34.7 Å². The van der Waals surface area contributed by atoms with E-state index in [0.717, 1.165) is 0 Å². The van der Waals surface area contributed by atoms with E-state index in [1.807, 2.05) is 0 Å². The number of hydrogen-bond donors (Lipinski definition) is 4. The maximum atomic E-state index is 10.3. The molecular weight excluding hydrogens is 207 g/mol. The molecule has 7 nitrogen and oxygen atoms in total. The number of rotatable bonds is 1. The van der Waals surface area contributed by atoms with Crippen molar-refractivity contribution >= 4 is 5.97 Å². The van der Waals surface area contributed by atoms with Crippen molar-refractivity contribution < 1.29 is 64.6 Å². The fourth-order valence-electron chi connectivity index (χ4n) is 1.06. The largest absolute Gasteiger partial charge is 1.00 e. The van der Waals surface area contributed by atoms with E-state index in [-0.39, 0.29) is 29.6 Å². The number of carboxylic acid groups (broad SMARTS) is 1. The van der Waals surface area contributed by atoms with E-state index in [9.17, 15) is 9.90 Å². The van der Waals surface area contributed by atoms with Gasteiger partial charge < -0.3 is 35.1 Å². The second kappa shape index (κ2) is 5.38. The van der Waals surface area contributed by atoms with Crippen molar-refractivity contribution in [1.29, 1.82) is 0 Å². The van der Waals surface area contributed by atoms with E-state index in [1.54, 1.807) is 0 Å². The molecule has 2 unspecified atom stereocenters. The van der Waals surface area contributed by atoms with Crippen molar-refractivity contribution in [3.63, 3.8) is 0 Å². The van der Waals surface area contributed by atoms with E-state index >= 15 is 0 Å². The van der Waals surface area contributed by atoms with E-state index in [1.165, 1.54) is 0 Å². The normalized spacial score (nSPS) is 42.7. The van der Waals surface area contributed by atoms with Crippen LogP contribution in [0.1, 0.15) is 0 Å². The zero-order chi connectivity index (χ0) is 10.2. The van der Waals surface area contributed by atoms with Crippen molar-refractivity contribution in [1.82, 2.24) is 0 Å². The van der Waals surface area contributed by atoms with E-state index in [0.29, 0.717) is 0 Å². The Morgan fingerprint density at radius 2 is 1.57 bits per heavy atom. The molecule has 0 aromatic rings. The van der Waals surface area contributed by atoms with Crippen LogP contribution in [0.25, 0.3) is 0 Å². The third kappa shape index (κ3) is 2.65. The molecule has 0 aromatic heterocycles. The summed E-state index contributed by atoms with van der Waals surface area (Å²) < 4.78 is 4.28. The van der Waals surface area contributed by atoms with Crippen molar-refractivity contribution in [2.24, 2.45) is 0 Å². The first-order valence-corrected chi connectivity index (χ1v) is 3.53. The Morgan fingerprint density at radius 3 is 2.00 bits per heavy atom. The van der Waals surface area contributed by atoms with E-state index in [2.05, 4.69) is 4.74 Å². The Labute approximate surface area is 101 Å². The van der Waals surface area contributed by atoms with Crippen molar-refractivity contribution in [2.75, 3.05) is 0 Å². The molecule has 76 valence electrons. The molecule has 5 atom stereocenters. The van der Waals surface area contributed by atoms with Crippen LogP contribution in [0.5, 0.6) is 0 Å². The number of carbonyl (C=O) groups excluding carboxylic acids is 1. The molecule has 0 saturated carbocycles. The molecule has 1 aliphatic rings. The molecule has 1 saturated heterocycles. The SMILES string of the molecule is O=C([O-])C1O[C@@H](O)C(O)[C@H](O)[C@@H]1O.[Na+]. The predicted octanol–water partition coefficient (Wildman–Crippen LogP) is -7.46. The first-order valence-electron chi connectivity index (χ1n) is 3.53. The monoisotopic (exact) mass is 216 g/mol. The van der Waals surface area contributed by atoms with Gasteiger partial charge in [0.1, 0.15) is 24.4 Å². The first kappa shape index (κ1) is 14.3. The summed E-state index contributed by atoms with van der Waals surface area (Å²) in [6.07, 6.45) is -9.00. The Balaban J connectivity index is 0.00000169. The molecule has 0 bridgehead atoms. The van der Waals surface area contributed by atoms with Crippen molar-refractivity contribution in [3.8, 4) is 0 Å². The molecule has 1 rings (SSSR count). The van der Waals surface area contributed by atoms with Gasteiger partial charge in [0.05, 0.1) is 5.97 Å². The molecule has 4 N–H and O–H groups in total. The van der Waals surface area contributed by atoms with Crippen LogP contribution in [-0.4, -0.2) is 57.1 Å². The summed E-state index contributed by atoms with van der Waals surface area (Å²) in [5, 5.41) is 46.1. The summed E-state index contributed by atoms with van der Waals surface area (Å²) in [6.45, 7) is 0. The maximum Gasteiger partial charge on any atom is 1.00 e. The first-order chi connectivity index (χ1) is 5.95. The second-order valence-electron chi connectivity index (χ2n) is 2.74. The quantitative estimate of drug-likeness (QED) is 0.320. The van der Waals surface area contributed by atoms with Crippen LogP contribution in [0.15, 0.2) is 0 Å². The Kier molecular flexibility index (Phi) is 5.48. The standard InChI is InChI=1S/C6H10O7.Na/c7-1-2(8)4(5(10)11)13-6(12)3(1)9;/h1-4,6-9,12H,(H,10,11);/q;+1/p-1/t1-,2+,3?,4?,6-;/m1./s1. The zero-order valence-electron chi connectivity index (χ0n) is 7.40. The molecule has 0 radical (unpaired) electrons. The summed E-state index contributed by atoms with van der Waals surface area (Å²) in [5.74, 6) is -1.77. The number of aliphatic hydroxyl groups excluding tert-OH is 4. The summed E-state index contributed by atoms with van der Waals surface area (Å²) in [4.78, 5) is 10.3. The number of carbonyl (C=O) groups is 1. The fraction of sp³-hybridized carbons (Fsp3) is 0.833. The van der Waals surface area contributed by atoms with Crippen molar-refractivity contribution in [2.45, 2.75) is 30.7 Å². The van der Waals surface area contributed by atoms with Crippen LogP contribution in [0.3, 0.4) is 0 Å². The third-order valence-corrected chi connectivity index (χ3v) is 1.82. The summed E-state index contributed by atoms with van der Waals surface area (Å²) in [6, 6.07) is 0. The Morgan fingerprint density at radius 1 is 1.07 bits per heavy atom. The van der Waals surface area contributed by atoms with Crippen LogP contribution >= 0.6 is 0 Å². The van der Waals surface area contributed by atoms with Gasteiger partial charge in [-0.25, -0.2) is 0 Å². The number of aliphatic carboxylic acids is 1. The summed E-state index contributed by atoms with van der Waals surface area (Å²) in [5.41, 5.74) is 0. The van der Waals surface area contributed by atoms with Crippen LogP contribution in [-0.2, 0) is 9.53 Å².